The van der Waals surface area contributed by atoms with E-state index in [2.05, 4.69) is 0 Å². The van der Waals surface area contributed by atoms with Gasteiger partial charge in [0.15, 0.2) is 0 Å². The Kier molecular flexibility index (Phi) is 5.78. The first-order valence-corrected chi connectivity index (χ1v) is 6.83. The summed E-state index contributed by atoms with van der Waals surface area (Å²) in [6.45, 7) is 4.09. The number of hydrogen-bond acceptors (Lipinski definition) is 2. The lowest BCUT2D eigenvalue weighted by Gasteiger charge is -2.24. The highest BCUT2D eigenvalue weighted by molar-refractivity contribution is 5.81. The van der Waals surface area contributed by atoms with Crippen molar-refractivity contribution in [3.05, 3.63) is 35.4 Å². The molecule has 3 nitrogen and oxygen atoms in total. The van der Waals surface area contributed by atoms with Gasteiger partial charge in [0.1, 0.15) is 0 Å². The van der Waals surface area contributed by atoms with E-state index < -0.39 is 17.8 Å². The van der Waals surface area contributed by atoms with Gasteiger partial charge in [-0.15, -0.1) is 0 Å². The minimum atomic E-state index is -4.35. The van der Waals surface area contributed by atoms with Crippen LogP contribution in [0.25, 0.3) is 0 Å². The standard InChI is InChI=1S/C15H21F3N2O/c1-4-10(2)13(19)14(21)20(3)9-11-5-7-12(8-6-11)15(16,17)18/h5-8,10,13H,4,9,19H2,1-3H3/t10-,13-/m0/s1. The van der Waals surface area contributed by atoms with E-state index in [0.717, 1.165) is 18.6 Å². The first-order chi connectivity index (χ1) is 9.66. The summed E-state index contributed by atoms with van der Waals surface area (Å²) >= 11 is 0. The summed E-state index contributed by atoms with van der Waals surface area (Å²) in [5.41, 5.74) is 5.80. The molecule has 2 N–H and O–H groups in total. The Morgan fingerprint density at radius 3 is 2.24 bits per heavy atom. The lowest BCUT2D eigenvalue weighted by atomic mass is 9.99. The van der Waals surface area contributed by atoms with Crippen molar-refractivity contribution in [1.82, 2.24) is 4.90 Å². The number of benzene rings is 1. The molecule has 1 amide bonds. The number of carbonyl (C=O) groups excluding carboxylic acids is 1. The van der Waals surface area contributed by atoms with Crippen molar-refractivity contribution >= 4 is 5.91 Å². The van der Waals surface area contributed by atoms with Gasteiger partial charge in [0, 0.05) is 13.6 Å². The molecule has 0 heterocycles. The molecule has 0 fully saturated rings. The second kappa shape index (κ2) is 6.93. The molecule has 0 aliphatic rings. The van der Waals surface area contributed by atoms with Gasteiger partial charge in [0.25, 0.3) is 0 Å². The van der Waals surface area contributed by atoms with Crippen LogP contribution in [0.3, 0.4) is 0 Å². The maximum absolute atomic E-state index is 12.5. The number of likely N-dealkylation sites (N-methyl/N-ethyl adjacent to an activating group) is 1. The van der Waals surface area contributed by atoms with E-state index in [-0.39, 0.29) is 18.4 Å². The molecule has 0 bridgehead atoms. The third-order valence-corrected chi connectivity index (χ3v) is 3.62. The third kappa shape index (κ3) is 4.74. The molecule has 0 unspecified atom stereocenters. The monoisotopic (exact) mass is 302 g/mol. The summed E-state index contributed by atoms with van der Waals surface area (Å²) in [5.74, 6) is -0.142. The molecule has 0 radical (unpaired) electrons. The van der Waals surface area contributed by atoms with E-state index in [1.807, 2.05) is 13.8 Å². The second-order valence-corrected chi connectivity index (χ2v) is 5.30. The molecule has 6 heteroatoms. The van der Waals surface area contributed by atoms with Crippen molar-refractivity contribution in [2.75, 3.05) is 7.05 Å². The van der Waals surface area contributed by atoms with Crippen molar-refractivity contribution < 1.29 is 18.0 Å². The summed E-state index contributed by atoms with van der Waals surface area (Å²) in [7, 11) is 1.60. The predicted octanol–water partition coefficient (Wildman–Crippen LogP) is 3.04. The largest absolute Gasteiger partial charge is 0.416 e. The first-order valence-electron chi connectivity index (χ1n) is 6.83. The van der Waals surface area contributed by atoms with Gasteiger partial charge in [-0.25, -0.2) is 0 Å². The van der Waals surface area contributed by atoms with Gasteiger partial charge in [-0.1, -0.05) is 32.4 Å². The van der Waals surface area contributed by atoms with Crippen LogP contribution in [0.2, 0.25) is 0 Å². The average Bonchev–Trinajstić information content (AvgIpc) is 2.44. The summed E-state index contributed by atoms with van der Waals surface area (Å²) in [6.07, 6.45) is -3.56. The number of nitrogens with two attached hydrogens (primary N) is 1. The molecule has 0 aromatic heterocycles. The van der Waals surface area contributed by atoms with E-state index in [9.17, 15) is 18.0 Å². The lowest BCUT2D eigenvalue weighted by molar-refractivity contribution is -0.137. The Balaban J connectivity index is 2.71. The molecule has 0 aliphatic heterocycles. The van der Waals surface area contributed by atoms with E-state index >= 15 is 0 Å². The van der Waals surface area contributed by atoms with Crippen LogP contribution in [0, 0.1) is 5.92 Å². The van der Waals surface area contributed by atoms with E-state index in [4.69, 9.17) is 5.73 Å². The summed E-state index contributed by atoms with van der Waals surface area (Å²) in [5, 5.41) is 0. The molecule has 1 aromatic carbocycles. The maximum atomic E-state index is 12.5. The lowest BCUT2D eigenvalue weighted by Crippen LogP contribution is -2.45. The molecule has 21 heavy (non-hydrogen) atoms. The maximum Gasteiger partial charge on any atom is 0.416 e. The summed E-state index contributed by atoms with van der Waals surface area (Å²) < 4.78 is 37.4. The van der Waals surface area contributed by atoms with Crippen molar-refractivity contribution in [3.8, 4) is 0 Å². The Hall–Kier alpha value is -1.56. The summed E-state index contributed by atoms with van der Waals surface area (Å²) in [6, 6.07) is 4.20. The number of carbonyl (C=O) groups is 1. The molecule has 1 aromatic rings. The van der Waals surface area contributed by atoms with Gasteiger partial charge >= 0.3 is 6.18 Å². The van der Waals surface area contributed by atoms with Crippen molar-refractivity contribution in [1.29, 1.82) is 0 Å². The average molecular weight is 302 g/mol. The third-order valence-electron chi connectivity index (χ3n) is 3.62. The zero-order valence-corrected chi connectivity index (χ0v) is 12.4. The smallest absolute Gasteiger partial charge is 0.340 e. The Labute approximate surface area is 122 Å². The van der Waals surface area contributed by atoms with Gasteiger partial charge in [0.2, 0.25) is 5.91 Å². The molecule has 118 valence electrons. The SMILES string of the molecule is CC[C@H](C)[C@H](N)C(=O)N(C)Cc1ccc(C(F)(F)F)cc1. The quantitative estimate of drug-likeness (QED) is 0.908. The van der Waals surface area contributed by atoms with Crippen LogP contribution >= 0.6 is 0 Å². The second-order valence-electron chi connectivity index (χ2n) is 5.30. The molecular weight excluding hydrogens is 281 g/mol. The van der Waals surface area contributed by atoms with Gasteiger partial charge < -0.3 is 10.6 Å². The van der Waals surface area contributed by atoms with Crippen LogP contribution in [-0.2, 0) is 17.5 Å². The number of hydrogen-bond donors (Lipinski definition) is 1. The fourth-order valence-corrected chi connectivity index (χ4v) is 1.90. The highest BCUT2D eigenvalue weighted by Gasteiger charge is 2.30. The fraction of sp³-hybridized carbons (Fsp3) is 0.533. The fourth-order valence-electron chi connectivity index (χ4n) is 1.90. The Morgan fingerprint density at radius 1 is 1.29 bits per heavy atom. The van der Waals surface area contributed by atoms with Gasteiger partial charge in [-0.05, 0) is 23.6 Å². The minimum Gasteiger partial charge on any atom is -0.340 e. The number of nitrogens with zero attached hydrogens (tertiary/aromatic N) is 1. The van der Waals surface area contributed by atoms with Gasteiger partial charge in [-0.3, -0.25) is 4.79 Å². The highest BCUT2D eigenvalue weighted by Crippen LogP contribution is 2.29. The molecule has 0 spiro atoms. The van der Waals surface area contributed by atoms with E-state index in [1.54, 1.807) is 7.05 Å². The molecule has 2 atom stereocenters. The van der Waals surface area contributed by atoms with Crippen molar-refractivity contribution in [2.45, 2.75) is 39.0 Å². The molecule has 1 rings (SSSR count). The van der Waals surface area contributed by atoms with Crippen LogP contribution in [0.1, 0.15) is 31.4 Å². The number of amides is 1. The molecule has 0 aliphatic carbocycles. The number of rotatable bonds is 5. The van der Waals surface area contributed by atoms with Crippen LogP contribution in [0.5, 0.6) is 0 Å². The van der Waals surface area contributed by atoms with Gasteiger partial charge in [0.05, 0.1) is 11.6 Å². The van der Waals surface area contributed by atoms with Crippen LogP contribution in [0.4, 0.5) is 13.2 Å². The van der Waals surface area contributed by atoms with Crippen LogP contribution in [-0.4, -0.2) is 23.9 Å². The molecule has 0 saturated heterocycles. The Morgan fingerprint density at radius 2 is 1.81 bits per heavy atom. The predicted molar refractivity (Wildman–Crippen MR) is 75.3 cm³/mol. The number of halogens is 3. The van der Waals surface area contributed by atoms with Crippen LogP contribution in [0.15, 0.2) is 24.3 Å². The summed E-state index contributed by atoms with van der Waals surface area (Å²) in [4.78, 5) is 13.5. The van der Waals surface area contributed by atoms with Crippen molar-refractivity contribution in [2.24, 2.45) is 11.7 Å². The number of alkyl halides is 3. The highest BCUT2D eigenvalue weighted by atomic mass is 19.4. The zero-order valence-electron chi connectivity index (χ0n) is 12.4. The molecular formula is C15H21F3N2O. The topological polar surface area (TPSA) is 46.3 Å². The minimum absolute atomic E-state index is 0.0626. The van der Waals surface area contributed by atoms with Gasteiger partial charge in [-0.2, -0.15) is 13.2 Å². The normalized spacial score (nSPS) is 14.6. The van der Waals surface area contributed by atoms with E-state index in [1.165, 1.54) is 17.0 Å². The van der Waals surface area contributed by atoms with Crippen molar-refractivity contribution in [3.63, 3.8) is 0 Å². The Bertz CT molecular complexity index is 471. The zero-order chi connectivity index (χ0) is 16.2. The van der Waals surface area contributed by atoms with E-state index in [0.29, 0.717) is 5.56 Å². The molecule has 0 saturated carbocycles. The van der Waals surface area contributed by atoms with Crippen LogP contribution < -0.4 is 5.73 Å². The first kappa shape index (κ1) is 17.5.